The van der Waals surface area contributed by atoms with E-state index < -0.39 is 0 Å². The van der Waals surface area contributed by atoms with Crippen LogP contribution in [0.4, 0.5) is 0 Å². The molecule has 0 spiro atoms. The maximum atomic E-state index is 11.6. The van der Waals surface area contributed by atoms with Crippen LogP contribution in [0.15, 0.2) is 29.4 Å². The van der Waals surface area contributed by atoms with Crippen molar-refractivity contribution in [2.45, 2.75) is 27.2 Å². The molecule has 1 N–H and O–H groups in total. The van der Waals surface area contributed by atoms with E-state index in [9.17, 15) is 4.79 Å². The Balaban J connectivity index is 1.73. The summed E-state index contributed by atoms with van der Waals surface area (Å²) in [7, 11) is 0. The molecule has 1 aromatic heterocycles. The largest absolute Gasteiger partial charge is 0.484 e. The Bertz CT molecular complexity index is 680. The molecule has 0 radical (unpaired) electrons. The number of hydrazone groups is 1. The van der Waals surface area contributed by atoms with Crippen LogP contribution in [-0.2, 0) is 11.2 Å². The summed E-state index contributed by atoms with van der Waals surface area (Å²) in [5.74, 6) is 0.393. The van der Waals surface area contributed by atoms with E-state index in [1.165, 1.54) is 0 Å². The topological polar surface area (TPSA) is 63.6 Å². The number of benzene rings is 1. The number of ether oxygens (including phenoxy) is 1. The van der Waals surface area contributed by atoms with Gasteiger partial charge in [0.2, 0.25) is 0 Å². The summed E-state index contributed by atoms with van der Waals surface area (Å²) in [6, 6.07) is 7.56. The highest BCUT2D eigenvalue weighted by Gasteiger charge is 2.03. The first-order valence-electron chi connectivity index (χ1n) is 6.97. The van der Waals surface area contributed by atoms with Gasteiger partial charge in [-0.15, -0.1) is 11.3 Å². The van der Waals surface area contributed by atoms with Gasteiger partial charge in [-0.25, -0.2) is 10.4 Å². The van der Waals surface area contributed by atoms with Gasteiger partial charge in [0.05, 0.1) is 10.7 Å². The van der Waals surface area contributed by atoms with Crippen molar-refractivity contribution < 1.29 is 9.53 Å². The van der Waals surface area contributed by atoms with Crippen LogP contribution in [0.5, 0.6) is 5.75 Å². The van der Waals surface area contributed by atoms with E-state index in [-0.39, 0.29) is 12.5 Å². The Morgan fingerprint density at radius 1 is 1.41 bits per heavy atom. The van der Waals surface area contributed by atoms with Crippen molar-refractivity contribution in [3.8, 4) is 5.75 Å². The van der Waals surface area contributed by atoms with Crippen LogP contribution in [0.2, 0.25) is 0 Å². The molecule has 5 nitrogen and oxygen atoms in total. The molecule has 0 unspecified atom stereocenters. The Morgan fingerprint density at radius 2 is 2.23 bits per heavy atom. The van der Waals surface area contributed by atoms with Gasteiger partial charge in [-0.2, -0.15) is 5.10 Å². The number of hydrogen-bond acceptors (Lipinski definition) is 5. The summed E-state index contributed by atoms with van der Waals surface area (Å²) in [6.07, 6.45) is 2.33. The Labute approximate surface area is 134 Å². The number of carbonyl (C=O) groups is 1. The number of hydrogen-bond donors (Lipinski definition) is 1. The van der Waals surface area contributed by atoms with Gasteiger partial charge >= 0.3 is 0 Å². The Morgan fingerprint density at radius 3 is 2.91 bits per heavy atom. The second-order valence-corrected chi connectivity index (χ2v) is 6.19. The molecule has 22 heavy (non-hydrogen) atoms. The highest BCUT2D eigenvalue weighted by Crippen LogP contribution is 2.16. The third-order valence-electron chi connectivity index (χ3n) is 2.92. The van der Waals surface area contributed by atoms with Crippen LogP contribution in [-0.4, -0.2) is 23.7 Å². The highest BCUT2D eigenvalue weighted by molar-refractivity contribution is 7.11. The zero-order valence-corrected chi connectivity index (χ0v) is 13.7. The van der Waals surface area contributed by atoms with Gasteiger partial charge in [0, 0.05) is 17.5 Å². The lowest BCUT2D eigenvalue weighted by Crippen LogP contribution is -2.24. The lowest BCUT2D eigenvalue weighted by molar-refractivity contribution is -0.123. The first kappa shape index (κ1) is 16.2. The minimum atomic E-state index is -0.282. The quantitative estimate of drug-likeness (QED) is 0.658. The monoisotopic (exact) mass is 317 g/mol. The van der Waals surface area contributed by atoms with E-state index in [4.69, 9.17) is 4.74 Å². The van der Waals surface area contributed by atoms with E-state index in [1.807, 2.05) is 45.0 Å². The van der Waals surface area contributed by atoms with Crippen molar-refractivity contribution in [2.24, 2.45) is 5.10 Å². The molecule has 0 aliphatic carbocycles. The van der Waals surface area contributed by atoms with Crippen LogP contribution in [0.3, 0.4) is 0 Å². The minimum Gasteiger partial charge on any atom is -0.484 e. The average Bonchev–Trinajstić information content (AvgIpc) is 2.79. The van der Waals surface area contributed by atoms with Crippen LogP contribution in [0.1, 0.15) is 21.1 Å². The van der Waals surface area contributed by atoms with Gasteiger partial charge in [-0.3, -0.25) is 4.79 Å². The van der Waals surface area contributed by atoms with Gasteiger partial charge < -0.3 is 4.74 Å². The van der Waals surface area contributed by atoms with E-state index in [0.29, 0.717) is 12.2 Å². The van der Waals surface area contributed by atoms with Gasteiger partial charge in [0.25, 0.3) is 5.91 Å². The number of rotatable bonds is 6. The fourth-order valence-corrected chi connectivity index (χ4v) is 2.79. The molecule has 1 aromatic carbocycles. The van der Waals surface area contributed by atoms with Crippen molar-refractivity contribution >= 4 is 23.5 Å². The standard InChI is InChI=1S/C16H19N3O2S/c1-11-5-4-6-14(9-11)21-10-16(20)19-17-8-7-15-12(2)18-13(3)22-15/h4-6,8-9H,7,10H2,1-3H3,(H,19,20). The molecule has 0 bridgehead atoms. The molecule has 2 rings (SSSR count). The number of amides is 1. The maximum absolute atomic E-state index is 11.6. The average molecular weight is 317 g/mol. The summed E-state index contributed by atoms with van der Waals surface area (Å²) in [5, 5.41) is 4.96. The molecule has 0 atom stereocenters. The lowest BCUT2D eigenvalue weighted by Gasteiger charge is -2.05. The van der Waals surface area contributed by atoms with E-state index in [2.05, 4.69) is 15.5 Å². The molecular formula is C16H19N3O2S. The molecule has 0 saturated heterocycles. The zero-order valence-electron chi connectivity index (χ0n) is 12.9. The molecule has 116 valence electrons. The molecule has 0 saturated carbocycles. The fourth-order valence-electron chi connectivity index (χ4n) is 1.90. The summed E-state index contributed by atoms with van der Waals surface area (Å²) < 4.78 is 5.39. The predicted octanol–water partition coefficient (Wildman–Crippen LogP) is 2.79. The van der Waals surface area contributed by atoms with Gasteiger partial charge in [0.15, 0.2) is 6.61 Å². The van der Waals surface area contributed by atoms with Crippen molar-refractivity contribution in [1.29, 1.82) is 0 Å². The predicted molar refractivity (Wildman–Crippen MR) is 88.6 cm³/mol. The highest BCUT2D eigenvalue weighted by atomic mass is 32.1. The normalized spacial score (nSPS) is 10.9. The maximum Gasteiger partial charge on any atom is 0.277 e. The second-order valence-electron chi connectivity index (χ2n) is 4.90. The molecule has 0 aliphatic rings. The molecule has 2 aromatic rings. The number of aromatic nitrogens is 1. The van der Waals surface area contributed by atoms with E-state index in [1.54, 1.807) is 17.6 Å². The summed E-state index contributed by atoms with van der Waals surface area (Å²) in [5.41, 5.74) is 4.56. The summed E-state index contributed by atoms with van der Waals surface area (Å²) in [4.78, 5) is 17.1. The first-order chi connectivity index (χ1) is 10.5. The molecule has 6 heteroatoms. The SMILES string of the molecule is Cc1cccc(OCC(=O)NN=CCc2sc(C)nc2C)c1. The minimum absolute atomic E-state index is 0.0561. The number of nitrogens with one attached hydrogen (secondary N) is 1. The first-order valence-corrected chi connectivity index (χ1v) is 7.79. The van der Waals surface area contributed by atoms with Crippen molar-refractivity contribution in [1.82, 2.24) is 10.4 Å². The van der Waals surface area contributed by atoms with Crippen LogP contribution < -0.4 is 10.2 Å². The van der Waals surface area contributed by atoms with Gasteiger partial charge in [-0.05, 0) is 38.5 Å². The number of nitrogens with zero attached hydrogens (tertiary/aromatic N) is 2. The molecule has 0 aliphatic heterocycles. The Hall–Kier alpha value is -2.21. The third kappa shape index (κ3) is 4.96. The molecule has 0 fully saturated rings. The van der Waals surface area contributed by atoms with Gasteiger partial charge in [-0.1, -0.05) is 12.1 Å². The molecule has 1 amide bonds. The molecule has 1 heterocycles. The smallest absolute Gasteiger partial charge is 0.277 e. The molecular weight excluding hydrogens is 298 g/mol. The van der Waals surface area contributed by atoms with Crippen molar-refractivity contribution in [3.63, 3.8) is 0 Å². The lowest BCUT2D eigenvalue weighted by atomic mass is 10.2. The van der Waals surface area contributed by atoms with Crippen molar-refractivity contribution in [2.75, 3.05) is 6.61 Å². The van der Waals surface area contributed by atoms with Crippen molar-refractivity contribution in [3.05, 3.63) is 45.4 Å². The number of thiazole rings is 1. The van der Waals surface area contributed by atoms with E-state index in [0.717, 1.165) is 21.1 Å². The van der Waals surface area contributed by atoms with Crippen LogP contribution in [0, 0.1) is 20.8 Å². The third-order valence-corrected chi connectivity index (χ3v) is 4.01. The summed E-state index contributed by atoms with van der Waals surface area (Å²) >= 11 is 1.64. The number of carbonyl (C=O) groups excluding carboxylic acids is 1. The number of aryl methyl sites for hydroxylation is 3. The Kier molecular flexibility index (Phi) is 5.66. The van der Waals surface area contributed by atoms with Crippen LogP contribution in [0.25, 0.3) is 0 Å². The zero-order chi connectivity index (χ0) is 15.9. The fraction of sp³-hybridized carbons (Fsp3) is 0.312. The van der Waals surface area contributed by atoms with Gasteiger partial charge in [0.1, 0.15) is 5.75 Å². The van der Waals surface area contributed by atoms with Crippen LogP contribution >= 0.6 is 11.3 Å². The second kappa shape index (κ2) is 7.70. The summed E-state index contributed by atoms with van der Waals surface area (Å²) in [6.45, 7) is 5.86. The van der Waals surface area contributed by atoms with E-state index >= 15 is 0 Å².